The first-order chi connectivity index (χ1) is 16.0. The molecule has 1 aliphatic heterocycles. The maximum absolute atomic E-state index is 11.4. The van der Waals surface area contributed by atoms with E-state index < -0.39 is 6.09 Å². The van der Waals surface area contributed by atoms with E-state index in [1.54, 1.807) is 13.2 Å². The lowest BCUT2D eigenvalue weighted by molar-refractivity contribution is -0.0170. The zero-order valence-electron chi connectivity index (χ0n) is 18.4. The zero-order valence-corrected chi connectivity index (χ0v) is 19.2. The quantitative estimate of drug-likeness (QED) is 0.410. The number of fused-ring (bicyclic) bond motifs is 1. The molecule has 0 spiro atoms. The number of aliphatic imine (C=N–C) groups is 2. The minimum atomic E-state index is -1.28. The molecule has 4 rings (SSSR count). The van der Waals surface area contributed by atoms with E-state index in [1.165, 1.54) is 11.8 Å². The molecule has 0 fully saturated rings. The Balaban J connectivity index is 1.81. The van der Waals surface area contributed by atoms with Crippen molar-refractivity contribution in [1.82, 2.24) is 10.1 Å². The summed E-state index contributed by atoms with van der Waals surface area (Å²) in [4.78, 5) is 24.2. The van der Waals surface area contributed by atoms with Crippen LogP contribution in [-0.4, -0.2) is 45.1 Å². The van der Waals surface area contributed by atoms with Gasteiger partial charge in [-0.05, 0) is 54.6 Å². The number of hydrogen-bond acceptors (Lipinski definition) is 8. The molecule has 0 saturated heterocycles. The van der Waals surface area contributed by atoms with Crippen molar-refractivity contribution in [3.63, 3.8) is 0 Å². The number of hydrogen-bond donors (Lipinski definition) is 1. The minimum Gasteiger partial charge on any atom is -0.467 e. The van der Waals surface area contributed by atoms with Gasteiger partial charge in [0.05, 0.1) is 12.3 Å². The summed E-state index contributed by atoms with van der Waals surface area (Å²) in [5.74, 6) is 1.78. The number of thioether (sulfide) groups is 1. The summed E-state index contributed by atoms with van der Waals surface area (Å²) in [5.41, 5.74) is 4.50. The van der Waals surface area contributed by atoms with Crippen LogP contribution >= 0.6 is 11.8 Å². The predicted octanol–water partition coefficient (Wildman–Crippen LogP) is 5.03. The molecule has 2 heterocycles. The van der Waals surface area contributed by atoms with E-state index >= 15 is 0 Å². The van der Waals surface area contributed by atoms with E-state index in [4.69, 9.17) is 19.0 Å². The predicted molar refractivity (Wildman–Crippen MR) is 126 cm³/mol. The van der Waals surface area contributed by atoms with Crippen LogP contribution in [0.3, 0.4) is 0 Å². The van der Waals surface area contributed by atoms with Gasteiger partial charge in [0.1, 0.15) is 16.5 Å². The van der Waals surface area contributed by atoms with E-state index in [2.05, 4.69) is 15.1 Å². The highest BCUT2D eigenvalue weighted by Crippen LogP contribution is 2.32. The summed E-state index contributed by atoms with van der Waals surface area (Å²) in [6, 6.07) is 11.2. The van der Waals surface area contributed by atoms with Crippen LogP contribution in [0.4, 0.5) is 10.5 Å². The van der Waals surface area contributed by atoms with Crippen LogP contribution in [0.5, 0.6) is 5.75 Å². The molecule has 0 radical (unpaired) electrons. The molecule has 33 heavy (non-hydrogen) atoms. The summed E-state index contributed by atoms with van der Waals surface area (Å²) in [5, 5.41) is 13.5. The molecule has 0 saturated carbocycles. The van der Waals surface area contributed by atoms with Crippen molar-refractivity contribution in [3.8, 4) is 17.1 Å². The van der Waals surface area contributed by atoms with Gasteiger partial charge in [-0.3, -0.25) is 0 Å². The summed E-state index contributed by atoms with van der Waals surface area (Å²) >= 11 is 1.22. The molecule has 1 aromatic heterocycles. The fourth-order valence-corrected chi connectivity index (χ4v) is 3.97. The molecule has 1 aliphatic rings. The van der Waals surface area contributed by atoms with Gasteiger partial charge in [-0.15, -0.1) is 11.8 Å². The van der Waals surface area contributed by atoms with Crippen molar-refractivity contribution >= 4 is 34.3 Å². The van der Waals surface area contributed by atoms with Gasteiger partial charge in [-0.2, -0.15) is 9.98 Å². The first kappa shape index (κ1) is 22.7. The number of aromatic nitrogens is 2. The van der Waals surface area contributed by atoms with Crippen molar-refractivity contribution in [2.24, 2.45) is 9.98 Å². The Hall–Kier alpha value is -3.50. The Labute approximate surface area is 194 Å². The number of amides is 1. The van der Waals surface area contributed by atoms with Crippen LogP contribution in [-0.2, 0) is 17.8 Å². The lowest BCUT2D eigenvalue weighted by Gasteiger charge is -2.22. The number of ether oxygens (including phenoxy) is 2. The summed E-state index contributed by atoms with van der Waals surface area (Å²) < 4.78 is 16.2. The third-order valence-corrected chi connectivity index (χ3v) is 5.60. The van der Waals surface area contributed by atoms with Crippen molar-refractivity contribution in [2.75, 3.05) is 13.0 Å². The average Bonchev–Trinajstić information content (AvgIpc) is 3.27. The third kappa shape index (κ3) is 5.12. The second-order valence-corrected chi connectivity index (χ2v) is 7.93. The Morgan fingerprint density at radius 1 is 1.24 bits per heavy atom. The first-order valence-corrected chi connectivity index (χ1v) is 11.4. The van der Waals surface area contributed by atoms with Gasteiger partial charge in [-0.25, -0.2) is 9.79 Å². The highest BCUT2D eigenvalue weighted by molar-refractivity contribution is 8.15. The number of rotatable bonds is 5. The van der Waals surface area contributed by atoms with Crippen LogP contribution in [0.2, 0.25) is 0 Å². The maximum Gasteiger partial charge on any atom is 0.432 e. The van der Waals surface area contributed by atoms with Gasteiger partial charge >= 0.3 is 6.09 Å². The highest BCUT2D eigenvalue weighted by Gasteiger charge is 2.21. The van der Waals surface area contributed by atoms with E-state index in [9.17, 15) is 9.90 Å². The van der Waals surface area contributed by atoms with Gasteiger partial charge in [0, 0.05) is 23.6 Å². The Morgan fingerprint density at radius 2 is 2.03 bits per heavy atom. The Kier molecular flexibility index (Phi) is 6.85. The Morgan fingerprint density at radius 3 is 2.67 bits per heavy atom. The van der Waals surface area contributed by atoms with E-state index in [-0.39, 0.29) is 6.79 Å². The third-order valence-electron chi connectivity index (χ3n) is 4.93. The van der Waals surface area contributed by atoms with Crippen LogP contribution in [0.15, 0.2) is 50.9 Å². The molecule has 9 nitrogen and oxygen atoms in total. The van der Waals surface area contributed by atoms with Gasteiger partial charge in [0.25, 0.3) is 0 Å². The summed E-state index contributed by atoms with van der Waals surface area (Å²) in [6.07, 6.45) is 1.23. The highest BCUT2D eigenvalue weighted by atomic mass is 32.2. The molecule has 2 aromatic carbocycles. The summed E-state index contributed by atoms with van der Waals surface area (Å²) in [6.45, 7) is 4.39. The van der Waals surface area contributed by atoms with Crippen molar-refractivity contribution in [3.05, 3.63) is 59.0 Å². The molecule has 0 aliphatic carbocycles. The van der Waals surface area contributed by atoms with Crippen LogP contribution in [0.25, 0.3) is 11.4 Å². The molecule has 10 heteroatoms. The second-order valence-electron chi connectivity index (χ2n) is 7.14. The number of benzene rings is 2. The van der Waals surface area contributed by atoms with E-state index in [0.29, 0.717) is 34.8 Å². The average molecular weight is 467 g/mol. The lowest BCUT2D eigenvalue weighted by Crippen LogP contribution is -2.18. The molecule has 3 aromatic rings. The van der Waals surface area contributed by atoms with Crippen molar-refractivity contribution in [2.45, 2.75) is 26.9 Å². The summed E-state index contributed by atoms with van der Waals surface area (Å²) in [7, 11) is 0. The Bertz CT molecular complexity index is 1220. The van der Waals surface area contributed by atoms with E-state index in [0.717, 1.165) is 34.4 Å². The minimum absolute atomic E-state index is 0.211. The second kappa shape index (κ2) is 9.97. The van der Waals surface area contributed by atoms with Gasteiger partial charge < -0.3 is 19.1 Å². The fourth-order valence-electron chi connectivity index (χ4n) is 3.45. The lowest BCUT2D eigenvalue weighted by atomic mass is 9.99. The maximum atomic E-state index is 11.4. The SMILES string of the molecule is CCc1cc(C(=Nc2ccc(-c3noc(C)n3)cc2)C(=NC(=O)O)SC)cc2c1OCOC2. The first-order valence-electron chi connectivity index (χ1n) is 10.2. The van der Waals surface area contributed by atoms with E-state index in [1.807, 2.05) is 43.3 Å². The topological polar surface area (TPSA) is 119 Å². The fraction of sp³-hybridized carbons (Fsp3) is 0.261. The van der Waals surface area contributed by atoms with Crippen molar-refractivity contribution < 1.29 is 23.9 Å². The molecule has 1 N–H and O–H groups in total. The normalized spacial score (nSPS) is 14.0. The van der Waals surface area contributed by atoms with Crippen molar-refractivity contribution in [1.29, 1.82) is 0 Å². The van der Waals surface area contributed by atoms with Gasteiger partial charge in [0.2, 0.25) is 11.7 Å². The molecule has 1 amide bonds. The van der Waals surface area contributed by atoms with Crippen LogP contribution < -0.4 is 4.74 Å². The molecular weight excluding hydrogens is 444 g/mol. The number of aryl methyl sites for hydroxylation is 2. The molecule has 0 unspecified atom stereocenters. The monoisotopic (exact) mass is 466 g/mol. The van der Waals surface area contributed by atoms with Crippen LogP contribution in [0.1, 0.15) is 29.5 Å². The van der Waals surface area contributed by atoms with Gasteiger partial charge in [0.15, 0.2) is 6.79 Å². The molecule has 0 atom stereocenters. The number of carbonyl (C=O) groups is 1. The molecule has 0 bridgehead atoms. The molecular formula is C23H22N4O5S. The zero-order chi connectivity index (χ0) is 23.4. The van der Waals surface area contributed by atoms with Gasteiger partial charge in [-0.1, -0.05) is 12.1 Å². The number of nitrogens with zero attached hydrogens (tertiary/aromatic N) is 4. The largest absolute Gasteiger partial charge is 0.467 e. The number of carboxylic acid groups (broad SMARTS) is 1. The van der Waals surface area contributed by atoms with Crippen LogP contribution in [0, 0.1) is 6.92 Å². The standard InChI is InChI=1S/C23H22N4O5S/c1-4-14-9-16(10-17-11-30-12-31-20(14)17)19(22(33-3)26-23(28)29)25-18-7-5-15(6-8-18)21-24-13(2)32-27-21/h5-10H,4,11-12H2,1-3H3,(H,28,29). The molecule has 170 valence electrons. The smallest absolute Gasteiger partial charge is 0.432 e.